The van der Waals surface area contributed by atoms with Crippen LogP contribution >= 0.6 is 15.9 Å². The predicted molar refractivity (Wildman–Crippen MR) is 104 cm³/mol. The van der Waals surface area contributed by atoms with Crippen molar-refractivity contribution in [3.63, 3.8) is 0 Å². The SMILES string of the molecule is CN(Cc1ccccc1Br)C(=O)COC(=O)C1CCN(C(=O)C2CC2)CC1. The minimum Gasteiger partial charge on any atom is -0.455 e. The fourth-order valence-corrected chi connectivity index (χ4v) is 3.67. The van der Waals surface area contributed by atoms with Gasteiger partial charge in [-0.3, -0.25) is 14.4 Å². The lowest BCUT2D eigenvalue weighted by atomic mass is 9.97. The van der Waals surface area contributed by atoms with E-state index >= 15 is 0 Å². The Morgan fingerprint density at radius 2 is 1.78 bits per heavy atom. The van der Waals surface area contributed by atoms with Crippen LogP contribution in [0.2, 0.25) is 0 Å². The average molecular weight is 437 g/mol. The van der Waals surface area contributed by atoms with Gasteiger partial charge in [0.25, 0.3) is 5.91 Å². The van der Waals surface area contributed by atoms with Crippen LogP contribution in [0.25, 0.3) is 0 Å². The van der Waals surface area contributed by atoms with Gasteiger partial charge in [0.2, 0.25) is 5.91 Å². The van der Waals surface area contributed by atoms with Crippen LogP contribution in [-0.4, -0.2) is 54.3 Å². The Morgan fingerprint density at radius 1 is 1.11 bits per heavy atom. The largest absolute Gasteiger partial charge is 0.455 e. The van der Waals surface area contributed by atoms with Crippen molar-refractivity contribution in [2.24, 2.45) is 11.8 Å². The first-order chi connectivity index (χ1) is 13.0. The molecule has 27 heavy (non-hydrogen) atoms. The van der Waals surface area contributed by atoms with Crippen molar-refractivity contribution in [3.8, 4) is 0 Å². The van der Waals surface area contributed by atoms with Crippen molar-refractivity contribution in [1.82, 2.24) is 9.80 Å². The lowest BCUT2D eigenvalue weighted by molar-refractivity contribution is -0.157. The van der Waals surface area contributed by atoms with Crippen molar-refractivity contribution in [2.75, 3.05) is 26.7 Å². The van der Waals surface area contributed by atoms with Gasteiger partial charge in [0.05, 0.1) is 5.92 Å². The summed E-state index contributed by atoms with van der Waals surface area (Å²) >= 11 is 3.46. The Hall–Kier alpha value is -1.89. The molecule has 0 N–H and O–H groups in total. The molecule has 1 aliphatic heterocycles. The van der Waals surface area contributed by atoms with E-state index in [0.29, 0.717) is 32.5 Å². The quantitative estimate of drug-likeness (QED) is 0.642. The number of halogens is 1. The van der Waals surface area contributed by atoms with Gasteiger partial charge < -0.3 is 14.5 Å². The van der Waals surface area contributed by atoms with E-state index in [1.165, 1.54) is 0 Å². The summed E-state index contributed by atoms with van der Waals surface area (Å²) in [4.78, 5) is 40.0. The van der Waals surface area contributed by atoms with Gasteiger partial charge in [-0.25, -0.2) is 0 Å². The van der Waals surface area contributed by atoms with Gasteiger partial charge >= 0.3 is 5.97 Å². The maximum Gasteiger partial charge on any atom is 0.309 e. The van der Waals surface area contributed by atoms with Crippen LogP contribution in [0.4, 0.5) is 0 Å². The second-order valence-corrected chi connectivity index (χ2v) is 8.18. The minimum absolute atomic E-state index is 0.214. The zero-order valence-corrected chi connectivity index (χ0v) is 17.1. The van der Waals surface area contributed by atoms with Crippen molar-refractivity contribution in [2.45, 2.75) is 32.2 Å². The first kappa shape index (κ1) is 19.9. The third-order valence-electron chi connectivity index (χ3n) is 5.20. The summed E-state index contributed by atoms with van der Waals surface area (Å²) < 4.78 is 6.18. The summed E-state index contributed by atoms with van der Waals surface area (Å²) in [6.07, 6.45) is 3.21. The number of benzene rings is 1. The second kappa shape index (κ2) is 8.87. The van der Waals surface area contributed by atoms with E-state index in [4.69, 9.17) is 4.74 Å². The molecule has 1 aromatic rings. The third-order valence-corrected chi connectivity index (χ3v) is 5.97. The van der Waals surface area contributed by atoms with Crippen molar-refractivity contribution >= 4 is 33.7 Å². The molecular formula is C20H25BrN2O4. The van der Waals surface area contributed by atoms with Crippen LogP contribution in [0, 0.1) is 11.8 Å². The van der Waals surface area contributed by atoms with Crippen molar-refractivity contribution in [3.05, 3.63) is 34.3 Å². The molecule has 2 amide bonds. The predicted octanol–water partition coefficient (Wildman–Crippen LogP) is 2.60. The number of carbonyl (C=O) groups excluding carboxylic acids is 3. The zero-order valence-electron chi connectivity index (χ0n) is 15.5. The number of hydrogen-bond donors (Lipinski definition) is 0. The molecular weight excluding hydrogens is 412 g/mol. The Labute approximate surface area is 168 Å². The van der Waals surface area contributed by atoms with Crippen LogP contribution < -0.4 is 0 Å². The van der Waals surface area contributed by atoms with Crippen molar-refractivity contribution < 1.29 is 19.1 Å². The normalized spacial score (nSPS) is 17.5. The zero-order chi connectivity index (χ0) is 19.4. The molecule has 1 saturated carbocycles. The number of amides is 2. The standard InChI is InChI=1S/C20H25BrN2O4/c1-22(12-16-4-2-3-5-17(16)21)18(24)13-27-20(26)15-8-10-23(11-9-15)19(25)14-6-7-14/h2-5,14-15H,6-13H2,1H3. The Bertz CT molecular complexity index is 712. The van der Waals surface area contributed by atoms with Crippen LogP contribution in [0.3, 0.4) is 0 Å². The van der Waals surface area contributed by atoms with Gasteiger partial charge in [-0.1, -0.05) is 34.1 Å². The lowest BCUT2D eigenvalue weighted by Gasteiger charge is -2.31. The summed E-state index contributed by atoms with van der Waals surface area (Å²) in [6, 6.07) is 7.70. The van der Waals surface area contributed by atoms with Gasteiger partial charge in [0.1, 0.15) is 0 Å². The minimum atomic E-state index is -0.337. The number of carbonyl (C=O) groups is 3. The van der Waals surface area contributed by atoms with Crippen LogP contribution in [0.5, 0.6) is 0 Å². The molecule has 0 bridgehead atoms. The molecule has 0 atom stereocenters. The third kappa shape index (κ3) is 5.31. The van der Waals surface area contributed by atoms with E-state index < -0.39 is 0 Å². The number of piperidine rings is 1. The average Bonchev–Trinajstić information content (AvgIpc) is 3.52. The molecule has 1 aliphatic carbocycles. The van der Waals surface area contributed by atoms with E-state index in [1.54, 1.807) is 11.9 Å². The number of likely N-dealkylation sites (tertiary alicyclic amines) is 1. The highest BCUT2D eigenvalue weighted by Crippen LogP contribution is 2.32. The molecule has 2 fully saturated rings. The fourth-order valence-electron chi connectivity index (χ4n) is 3.26. The molecule has 6 nitrogen and oxygen atoms in total. The Kier molecular flexibility index (Phi) is 6.52. The van der Waals surface area contributed by atoms with E-state index in [1.807, 2.05) is 29.2 Å². The van der Waals surface area contributed by atoms with E-state index in [9.17, 15) is 14.4 Å². The van der Waals surface area contributed by atoms with E-state index in [0.717, 1.165) is 22.9 Å². The van der Waals surface area contributed by atoms with Gasteiger partial charge in [-0.2, -0.15) is 0 Å². The lowest BCUT2D eigenvalue weighted by Crippen LogP contribution is -2.41. The summed E-state index contributed by atoms with van der Waals surface area (Å²) in [6.45, 7) is 1.40. The number of nitrogens with zero attached hydrogens (tertiary/aromatic N) is 2. The topological polar surface area (TPSA) is 66.9 Å². The van der Waals surface area contributed by atoms with Gasteiger partial charge in [-0.05, 0) is 37.3 Å². The molecule has 0 unspecified atom stereocenters. The monoisotopic (exact) mass is 436 g/mol. The molecule has 146 valence electrons. The highest BCUT2D eigenvalue weighted by molar-refractivity contribution is 9.10. The van der Waals surface area contributed by atoms with E-state index in [-0.39, 0.29) is 36.2 Å². The molecule has 0 aromatic heterocycles. The first-order valence-electron chi connectivity index (χ1n) is 9.38. The summed E-state index contributed by atoms with van der Waals surface area (Å²) in [7, 11) is 1.69. The summed E-state index contributed by atoms with van der Waals surface area (Å²) in [5.41, 5.74) is 0.993. The fraction of sp³-hybridized carbons (Fsp3) is 0.550. The van der Waals surface area contributed by atoms with Gasteiger partial charge in [-0.15, -0.1) is 0 Å². The molecule has 1 aromatic carbocycles. The van der Waals surface area contributed by atoms with Crippen molar-refractivity contribution in [1.29, 1.82) is 0 Å². The number of rotatable bonds is 6. The molecule has 7 heteroatoms. The second-order valence-electron chi connectivity index (χ2n) is 7.32. The molecule has 0 spiro atoms. The maximum absolute atomic E-state index is 12.3. The first-order valence-corrected chi connectivity index (χ1v) is 10.2. The maximum atomic E-state index is 12.3. The van der Waals surface area contributed by atoms with Gasteiger partial charge in [0.15, 0.2) is 6.61 Å². The Balaban J connectivity index is 1.40. The van der Waals surface area contributed by atoms with E-state index in [2.05, 4.69) is 15.9 Å². The number of ether oxygens (including phenoxy) is 1. The molecule has 1 saturated heterocycles. The Morgan fingerprint density at radius 3 is 2.41 bits per heavy atom. The van der Waals surface area contributed by atoms with Crippen LogP contribution in [-0.2, 0) is 25.7 Å². The molecule has 3 rings (SSSR count). The number of esters is 1. The molecule has 1 heterocycles. The summed E-state index contributed by atoms with van der Waals surface area (Å²) in [5, 5.41) is 0. The number of hydrogen-bond acceptors (Lipinski definition) is 4. The van der Waals surface area contributed by atoms with Crippen LogP contribution in [0.15, 0.2) is 28.7 Å². The smallest absolute Gasteiger partial charge is 0.309 e. The highest BCUT2D eigenvalue weighted by atomic mass is 79.9. The molecule has 0 radical (unpaired) electrons. The van der Waals surface area contributed by atoms with Gasteiger partial charge in [0, 0.05) is 37.1 Å². The number of likely N-dealkylation sites (N-methyl/N-ethyl adjacent to an activating group) is 1. The van der Waals surface area contributed by atoms with Crippen LogP contribution in [0.1, 0.15) is 31.2 Å². The molecule has 2 aliphatic rings. The summed E-state index contributed by atoms with van der Waals surface area (Å²) in [5.74, 6) is -0.358. The highest BCUT2D eigenvalue weighted by Gasteiger charge is 2.36.